The number of fused-ring (bicyclic) bond motifs is 1. The summed E-state index contributed by atoms with van der Waals surface area (Å²) in [5.74, 6) is -0.879. The SMILES string of the molecule is COc1nc(-c2ccc(F)c(-c3c(C)ccc(NC(=O)c4cn(C)c(=O)n(C)c4=O)c3Cl)c2Cl)cc2c1C(N1CCN(C(C)=O)CC1)CC2. The number of halogens is 3. The van der Waals surface area contributed by atoms with E-state index in [4.69, 9.17) is 32.9 Å². The number of hydrogen-bond acceptors (Lipinski definition) is 7. The molecular formula is C35H35Cl2FN6O5. The molecule has 1 aliphatic carbocycles. The number of rotatable bonds is 6. The molecule has 1 N–H and O–H groups in total. The van der Waals surface area contributed by atoms with Crippen LogP contribution in [-0.4, -0.2) is 69.0 Å². The van der Waals surface area contributed by atoms with Crippen molar-refractivity contribution in [3.63, 3.8) is 0 Å². The van der Waals surface area contributed by atoms with Gasteiger partial charge in [0.15, 0.2) is 0 Å². The lowest BCUT2D eigenvalue weighted by Gasteiger charge is -2.38. The first-order valence-electron chi connectivity index (χ1n) is 15.8. The monoisotopic (exact) mass is 708 g/mol. The van der Waals surface area contributed by atoms with Gasteiger partial charge in [-0.15, -0.1) is 0 Å². The van der Waals surface area contributed by atoms with E-state index in [1.807, 2.05) is 11.0 Å². The number of hydrogen-bond donors (Lipinski definition) is 1. The quantitative estimate of drug-likeness (QED) is 0.300. The number of aryl methyl sites for hydroxylation is 3. The maximum atomic E-state index is 15.7. The summed E-state index contributed by atoms with van der Waals surface area (Å²) in [6.07, 6.45) is 2.81. The van der Waals surface area contributed by atoms with Crippen LogP contribution < -0.4 is 21.3 Å². The Morgan fingerprint density at radius 2 is 1.73 bits per heavy atom. The summed E-state index contributed by atoms with van der Waals surface area (Å²) in [5.41, 5.74) is 2.42. The molecule has 11 nitrogen and oxygen atoms in total. The number of carbonyl (C=O) groups is 2. The lowest BCUT2D eigenvalue weighted by molar-refractivity contribution is -0.130. The van der Waals surface area contributed by atoms with E-state index in [0.717, 1.165) is 52.4 Å². The van der Waals surface area contributed by atoms with Gasteiger partial charge < -0.3 is 19.5 Å². The van der Waals surface area contributed by atoms with E-state index in [2.05, 4.69) is 10.2 Å². The number of benzene rings is 2. The maximum absolute atomic E-state index is 15.7. The second kappa shape index (κ2) is 13.4. The topological polar surface area (TPSA) is 119 Å². The Labute approximate surface area is 291 Å². The third-order valence-corrected chi connectivity index (χ3v) is 10.2. The van der Waals surface area contributed by atoms with Gasteiger partial charge in [-0.1, -0.05) is 29.3 Å². The smallest absolute Gasteiger partial charge is 0.330 e. The third-order valence-electron chi connectivity index (χ3n) is 9.43. The molecule has 49 heavy (non-hydrogen) atoms. The van der Waals surface area contributed by atoms with Gasteiger partial charge in [0, 0.05) is 81.7 Å². The van der Waals surface area contributed by atoms with E-state index in [1.165, 1.54) is 20.2 Å². The van der Waals surface area contributed by atoms with Crippen molar-refractivity contribution in [2.24, 2.45) is 14.1 Å². The molecule has 0 spiro atoms. The largest absolute Gasteiger partial charge is 0.481 e. The summed E-state index contributed by atoms with van der Waals surface area (Å²) in [4.78, 5) is 58.9. The van der Waals surface area contributed by atoms with Crippen LogP contribution >= 0.6 is 23.2 Å². The Kier molecular flexibility index (Phi) is 9.40. The number of ether oxygens (including phenoxy) is 1. The standard InChI is InChI=1S/C35H35Cl2FN6O5/c1-18-6-10-24(39-32(46)22-17-41(3)35(48)42(4)34(22)47)31(37)27(18)29-23(38)9-8-21(30(29)36)25-16-20-7-11-26(28(20)33(40-25)49-5)44-14-12-43(13-15-44)19(2)45/h6,8-10,16-17,26H,7,11-15H2,1-5H3,(H,39,46). The fraction of sp³-hybridized carbons (Fsp3) is 0.343. The lowest BCUT2D eigenvalue weighted by Crippen LogP contribution is -2.48. The van der Waals surface area contributed by atoms with Crippen LogP contribution in [0.4, 0.5) is 10.1 Å². The molecule has 2 aromatic heterocycles. The van der Waals surface area contributed by atoms with Gasteiger partial charge in [0.25, 0.3) is 11.5 Å². The van der Waals surface area contributed by atoms with Crippen molar-refractivity contribution in [1.82, 2.24) is 23.9 Å². The second-order valence-electron chi connectivity index (χ2n) is 12.3. The van der Waals surface area contributed by atoms with Crippen molar-refractivity contribution in [2.75, 3.05) is 38.6 Å². The summed E-state index contributed by atoms with van der Waals surface area (Å²) < 4.78 is 23.5. The average molecular weight is 710 g/mol. The highest BCUT2D eigenvalue weighted by Crippen LogP contribution is 2.47. The molecule has 256 valence electrons. The summed E-state index contributed by atoms with van der Waals surface area (Å²) in [5, 5.41) is 2.72. The molecule has 0 saturated carbocycles. The number of piperazine rings is 1. The van der Waals surface area contributed by atoms with Crippen LogP contribution in [-0.2, 0) is 25.3 Å². The Balaban J connectivity index is 1.36. The number of nitrogens with one attached hydrogen (secondary N) is 1. The Morgan fingerprint density at radius 1 is 1.02 bits per heavy atom. The molecule has 1 unspecified atom stereocenters. The van der Waals surface area contributed by atoms with Crippen molar-refractivity contribution in [2.45, 2.75) is 32.7 Å². The van der Waals surface area contributed by atoms with Gasteiger partial charge in [-0.3, -0.25) is 23.9 Å². The first kappa shape index (κ1) is 34.3. The third kappa shape index (κ3) is 6.13. The van der Waals surface area contributed by atoms with Crippen LogP contribution in [0.5, 0.6) is 5.88 Å². The molecule has 1 atom stereocenters. The lowest BCUT2D eigenvalue weighted by atomic mass is 9.95. The van der Waals surface area contributed by atoms with Crippen LogP contribution in [0.3, 0.4) is 0 Å². The van der Waals surface area contributed by atoms with Gasteiger partial charge in [0.1, 0.15) is 11.4 Å². The van der Waals surface area contributed by atoms with Gasteiger partial charge >= 0.3 is 5.69 Å². The van der Waals surface area contributed by atoms with Crippen molar-refractivity contribution < 1.29 is 18.7 Å². The van der Waals surface area contributed by atoms with E-state index in [-0.39, 0.29) is 44.4 Å². The second-order valence-corrected chi connectivity index (χ2v) is 13.1. The fourth-order valence-electron chi connectivity index (χ4n) is 6.80. The van der Waals surface area contributed by atoms with E-state index >= 15 is 4.39 Å². The first-order valence-corrected chi connectivity index (χ1v) is 16.5. The van der Waals surface area contributed by atoms with Crippen LogP contribution in [0.1, 0.15) is 46.4 Å². The Morgan fingerprint density at radius 3 is 2.41 bits per heavy atom. The zero-order chi connectivity index (χ0) is 35.3. The zero-order valence-corrected chi connectivity index (χ0v) is 29.2. The van der Waals surface area contributed by atoms with Gasteiger partial charge in [0.2, 0.25) is 11.8 Å². The minimum atomic E-state index is -0.790. The minimum absolute atomic E-state index is 0.0140. The number of aromatic nitrogens is 3. The molecule has 3 heterocycles. The number of amides is 2. The molecule has 1 aliphatic heterocycles. The van der Waals surface area contributed by atoms with Crippen LogP contribution in [0.2, 0.25) is 10.0 Å². The average Bonchev–Trinajstić information content (AvgIpc) is 3.52. The highest BCUT2D eigenvalue weighted by Gasteiger charge is 2.35. The van der Waals surface area contributed by atoms with Crippen molar-refractivity contribution >= 4 is 40.7 Å². The number of carbonyl (C=O) groups excluding carboxylic acids is 2. The Hall–Kier alpha value is -4.52. The molecule has 1 saturated heterocycles. The number of nitrogens with zero attached hydrogens (tertiary/aromatic N) is 5. The van der Waals surface area contributed by atoms with E-state index in [0.29, 0.717) is 35.8 Å². The van der Waals surface area contributed by atoms with Crippen LogP contribution in [0.15, 0.2) is 46.1 Å². The van der Waals surface area contributed by atoms with E-state index in [1.54, 1.807) is 39.2 Å². The zero-order valence-electron chi connectivity index (χ0n) is 27.7. The van der Waals surface area contributed by atoms with Crippen LogP contribution in [0.25, 0.3) is 22.4 Å². The number of pyridine rings is 1. The first-order chi connectivity index (χ1) is 23.3. The molecule has 14 heteroatoms. The number of anilines is 1. The summed E-state index contributed by atoms with van der Waals surface area (Å²) in [6.45, 7) is 6.17. The van der Waals surface area contributed by atoms with Crippen molar-refractivity contribution in [1.29, 1.82) is 0 Å². The van der Waals surface area contributed by atoms with Gasteiger partial charge in [-0.05, 0) is 55.2 Å². The van der Waals surface area contributed by atoms with Crippen molar-refractivity contribution in [3.05, 3.63) is 95.5 Å². The molecule has 2 aliphatic rings. The minimum Gasteiger partial charge on any atom is -0.481 e. The number of methoxy groups -OCH3 is 1. The molecular weight excluding hydrogens is 674 g/mol. The molecule has 4 aromatic rings. The van der Waals surface area contributed by atoms with Gasteiger partial charge in [-0.2, -0.15) is 0 Å². The van der Waals surface area contributed by atoms with Gasteiger partial charge in [-0.25, -0.2) is 14.2 Å². The highest BCUT2D eigenvalue weighted by molar-refractivity contribution is 6.40. The van der Waals surface area contributed by atoms with E-state index in [9.17, 15) is 19.2 Å². The highest BCUT2D eigenvalue weighted by atomic mass is 35.5. The molecule has 2 amide bonds. The summed E-state index contributed by atoms with van der Waals surface area (Å²) in [7, 11) is 4.27. The van der Waals surface area contributed by atoms with Crippen molar-refractivity contribution in [3.8, 4) is 28.3 Å². The molecule has 6 rings (SSSR count). The van der Waals surface area contributed by atoms with Gasteiger partial charge in [0.05, 0.1) is 28.5 Å². The molecule has 0 radical (unpaired) electrons. The normalized spacial score (nSPS) is 16.1. The predicted molar refractivity (Wildman–Crippen MR) is 186 cm³/mol. The van der Waals surface area contributed by atoms with E-state index < -0.39 is 23.0 Å². The molecule has 1 fully saturated rings. The predicted octanol–water partition coefficient (Wildman–Crippen LogP) is 4.98. The molecule has 2 aromatic carbocycles. The van der Waals surface area contributed by atoms with Crippen LogP contribution in [0, 0.1) is 12.7 Å². The maximum Gasteiger partial charge on any atom is 0.330 e. The summed E-state index contributed by atoms with van der Waals surface area (Å²) >= 11 is 13.9. The summed E-state index contributed by atoms with van der Waals surface area (Å²) in [6, 6.07) is 8.12. The molecule has 0 bridgehead atoms. The fourth-order valence-corrected chi connectivity index (χ4v) is 7.50. The Bertz CT molecular complexity index is 2140.